The smallest absolute Gasteiger partial charge is 0.406 e. The highest BCUT2D eigenvalue weighted by molar-refractivity contribution is 5.66. The molecule has 0 unspecified atom stereocenters. The molecule has 32 heavy (non-hydrogen) atoms. The van der Waals surface area contributed by atoms with Crippen molar-refractivity contribution in [2.24, 2.45) is 5.41 Å². The topological polar surface area (TPSA) is 77.8 Å². The van der Waals surface area contributed by atoms with Crippen LogP contribution in [-0.2, 0) is 33.7 Å². The van der Waals surface area contributed by atoms with Gasteiger partial charge in [-0.2, -0.15) is 0 Å². The Morgan fingerprint density at radius 2 is 1.91 bits per heavy atom. The molecule has 1 aliphatic heterocycles. The lowest BCUT2D eigenvalue weighted by Crippen LogP contribution is -2.37. The molecule has 1 fully saturated rings. The number of likely N-dealkylation sites (N-methyl/N-ethyl adjacent to an activating group) is 1. The van der Waals surface area contributed by atoms with Crippen LogP contribution in [-0.4, -0.2) is 74.2 Å². The van der Waals surface area contributed by atoms with Crippen LogP contribution in [0.2, 0.25) is 0 Å². The van der Waals surface area contributed by atoms with Crippen LogP contribution in [0.1, 0.15) is 69.1 Å². The number of carbonyl (C=O) groups excluding carboxylic acids is 1. The van der Waals surface area contributed by atoms with E-state index in [2.05, 4.69) is 35.7 Å². The summed E-state index contributed by atoms with van der Waals surface area (Å²) in [4.78, 5) is 18.6. The zero-order valence-corrected chi connectivity index (χ0v) is 20.5. The summed E-state index contributed by atoms with van der Waals surface area (Å²) in [6.45, 7) is 10.2. The number of hydrogen-bond acceptors (Lipinski definition) is 6. The zero-order valence-electron chi connectivity index (χ0n) is 20.5. The van der Waals surface area contributed by atoms with Gasteiger partial charge in [0, 0.05) is 63.3 Å². The molecule has 0 bridgehead atoms. The van der Waals surface area contributed by atoms with Crippen LogP contribution >= 0.6 is 0 Å². The van der Waals surface area contributed by atoms with Crippen molar-refractivity contribution < 1.29 is 19.0 Å². The second kappa shape index (κ2) is 12.0. The Hall–Kier alpha value is -1.64. The Bertz CT molecular complexity index is 718. The van der Waals surface area contributed by atoms with Gasteiger partial charge in [0.25, 0.3) is 0 Å². The molecule has 182 valence electrons. The number of aromatic nitrogens is 2. The highest BCUT2D eigenvalue weighted by Gasteiger charge is 2.38. The average molecular weight is 451 g/mol. The van der Waals surface area contributed by atoms with E-state index in [0.717, 1.165) is 71.6 Å². The van der Waals surface area contributed by atoms with Crippen molar-refractivity contribution in [2.45, 2.75) is 71.4 Å². The first kappa shape index (κ1) is 25.0. The third kappa shape index (κ3) is 6.23. The van der Waals surface area contributed by atoms with E-state index in [9.17, 15) is 4.79 Å². The number of amides is 1. The van der Waals surface area contributed by atoms with E-state index >= 15 is 0 Å². The number of aryl methyl sites for hydroxylation is 1. The van der Waals surface area contributed by atoms with Crippen LogP contribution in [0.15, 0.2) is 0 Å². The van der Waals surface area contributed by atoms with Crippen LogP contribution < -0.4 is 5.32 Å². The van der Waals surface area contributed by atoms with Crippen LogP contribution in [0, 0.1) is 5.41 Å². The van der Waals surface area contributed by atoms with E-state index in [1.165, 1.54) is 23.6 Å². The summed E-state index contributed by atoms with van der Waals surface area (Å²) in [5, 5.41) is 2.49. The van der Waals surface area contributed by atoms with Gasteiger partial charge >= 0.3 is 6.09 Å². The zero-order chi connectivity index (χ0) is 23.0. The van der Waals surface area contributed by atoms with Gasteiger partial charge in [0.1, 0.15) is 12.4 Å². The summed E-state index contributed by atoms with van der Waals surface area (Å²) in [6.07, 6.45) is 6.45. The van der Waals surface area contributed by atoms with E-state index in [0.29, 0.717) is 19.1 Å². The van der Waals surface area contributed by atoms with Crippen LogP contribution in [0.3, 0.4) is 0 Å². The molecule has 3 rings (SSSR count). The fraction of sp³-hybridized carbons (Fsp3) is 0.833. The van der Waals surface area contributed by atoms with Crippen molar-refractivity contribution in [3.63, 3.8) is 0 Å². The third-order valence-corrected chi connectivity index (χ3v) is 6.93. The van der Waals surface area contributed by atoms with Crippen molar-refractivity contribution >= 4 is 6.09 Å². The van der Waals surface area contributed by atoms with Crippen molar-refractivity contribution in [3.05, 3.63) is 17.2 Å². The lowest BCUT2D eigenvalue weighted by atomic mass is 9.70. The van der Waals surface area contributed by atoms with E-state index in [4.69, 9.17) is 19.2 Å². The fourth-order valence-electron chi connectivity index (χ4n) is 5.15. The Morgan fingerprint density at radius 3 is 2.53 bits per heavy atom. The maximum absolute atomic E-state index is 11.3. The minimum atomic E-state index is -0.384. The summed E-state index contributed by atoms with van der Waals surface area (Å²) in [5.74, 6) is 1.78. The molecule has 0 atom stereocenters. The summed E-state index contributed by atoms with van der Waals surface area (Å²) in [6, 6.07) is 0. The minimum Gasteiger partial charge on any atom is -0.448 e. The SMILES string of the molecule is CCOCC1(COCC)CCC(c2c(CN(C)CCOC(=O)NC)nc3n2CCC3)CC1. The molecule has 1 amide bonds. The lowest BCUT2D eigenvalue weighted by Gasteiger charge is -2.40. The molecule has 0 radical (unpaired) electrons. The number of carbonyl (C=O) groups is 1. The van der Waals surface area contributed by atoms with Gasteiger partial charge in [0.15, 0.2) is 0 Å². The fourth-order valence-corrected chi connectivity index (χ4v) is 5.15. The molecule has 1 aromatic heterocycles. The Labute approximate surface area is 193 Å². The van der Waals surface area contributed by atoms with E-state index in [1.54, 1.807) is 7.05 Å². The third-order valence-electron chi connectivity index (χ3n) is 6.93. The number of fused-ring (bicyclic) bond motifs is 1. The first-order chi connectivity index (χ1) is 15.5. The molecular weight excluding hydrogens is 408 g/mol. The Morgan fingerprint density at radius 1 is 1.22 bits per heavy atom. The van der Waals surface area contributed by atoms with Gasteiger partial charge in [-0.3, -0.25) is 4.90 Å². The molecule has 1 aromatic rings. The van der Waals surface area contributed by atoms with E-state index in [-0.39, 0.29) is 11.5 Å². The average Bonchev–Trinajstić information content (AvgIpc) is 3.38. The molecule has 2 aliphatic rings. The molecular formula is C24H42N4O4. The monoisotopic (exact) mass is 450 g/mol. The summed E-state index contributed by atoms with van der Waals surface area (Å²) < 4.78 is 19.4. The summed E-state index contributed by atoms with van der Waals surface area (Å²) >= 11 is 0. The quantitative estimate of drug-likeness (QED) is 0.526. The number of nitrogens with one attached hydrogen (secondary N) is 1. The van der Waals surface area contributed by atoms with E-state index in [1.807, 2.05) is 0 Å². The van der Waals surface area contributed by atoms with Crippen molar-refractivity contribution in [2.75, 3.05) is 53.7 Å². The van der Waals surface area contributed by atoms with Crippen LogP contribution in [0.25, 0.3) is 0 Å². The number of imidazole rings is 1. The first-order valence-electron chi connectivity index (χ1n) is 12.3. The van der Waals surface area contributed by atoms with Gasteiger partial charge in [-0.15, -0.1) is 0 Å². The van der Waals surface area contributed by atoms with Gasteiger partial charge in [0.05, 0.1) is 18.9 Å². The van der Waals surface area contributed by atoms with Gasteiger partial charge < -0.3 is 24.1 Å². The second-order valence-electron chi connectivity index (χ2n) is 9.29. The number of hydrogen-bond donors (Lipinski definition) is 1. The molecule has 0 saturated heterocycles. The van der Waals surface area contributed by atoms with Crippen molar-refractivity contribution in [1.82, 2.24) is 19.8 Å². The standard InChI is InChI=1S/C24H42N4O4/c1-5-30-17-24(18-31-6-2)11-9-19(10-12-24)22-20(26-21-8-7-13-28(21)22)16-27(4)14-15-32-23(29)25-3/h19H,5-18H2,1-4H3,(H,25,29). The van der Waals surface area contributed by atoms with Gasteiger partial charge in [-0.1, -0.05) is 0 Å². The van der Waals surface area contributed by atoms with Gasteiger partial charge in [-0.05, 0) is 53.0 Å². The van der Waals surface area contributed by atoms with Crippen LogP contribution in [0.5, 0.6) is 0 Å². The summed E-state index contributed by atoms with van der Waals surface area (Å²) in [7, 11) is 3.64. The molecule has 0 spiro atoms. The number of ether oxygens (including phenoxy) is 3. The first-order valence-corrected chi connectivity index (χ1v) is 12.3. The molecule has 2 heterocycles. The maximum atomic E-state index is 11.3. The normalized spacial score (nSPS) is 18.2. The predicted octanol–water partition coefficient (Wildman–Crippen LogP) is 3.33. The number of rotatable bonds is 12. The van der Waals surface area contributed by atoms with Gasteiger partial charge in [-0.25, -0.2) is 9.78 Å². The molecule has 1 N–H and O–H groups in total. The largest absolute Gasteiger partial charge is 0.448 e. The molecule has 8 nitrogen and oxygen atoms in total. The summed E-state index contributed by atoms with van der Waals surface area (Å²) in [5.41, 5.74) is 2.79. The minimum absolute atomic E-state index is 0.143. The van der Waals surface area contributed by atoms with Gasteiger partial charge in [0.2, 0.25) is 0 Å². The van der Waals surface area contributed by atoms with Crippen molar-refractivity contribution in [3.8, 4) is 0 Å². The van der Waals surface area contributed by atoms with Crippen molar-refractivity contribution in [1.29, 1.82) is 0 Å². The Balaban J connectivity index is 1.66. The predicted molar refractivity (Wildman–Crippen MR) is 124 cm³/mol. The lowest BCUT2D eigenvalue weighted by molar-refractivity contribution is -0.0398. The molecule has 1 saturated carbocycles. The Kier molecular flexibility index (Phi) is 9.37. The second-order valence-corrected chi connectivity index (χ2v) is 9.29. The molecule has 1 aliphatic carbocycles. The molecule has 8 heteroatoms. The molecule has 0 aromatic carbocycles. The highest BCUT2D eigenvalue weighted by atomic mass is 16.5. The number of nitrogens with zero attached hydrogens (tertiary/aromatic N) is 3. The maximum Gasteiger partial charge on any atom is 0.406 e. The van der Waals surface area contributed by atoms with E-state index < -0.39 is 0 Å². The highest BCUT2D eigenvalue weighted by Crippen LogP contribution is 2.45. The van der Waals surface area contributed by atoms with Crippen LogP contribution in [0.4, 0.5) is 4.79 Å². The number of alkyl carbamates (subject to hydrolysis) is 1.